The number of aliphatic hydroxyl groups is 1. The number of furan rings is 1. The van der Waals surface area contributed by atoms with Gasteiger partial charge in [0.05, 0.1) is 19.1 Å². The van der Waals surface area contributed by atoms with E-state index in [1.807, 2.05) is 6.07 Å². The van der Waals surface area contributed by atoms with Crippen LogP contribution in [0.15, 0.2) is 34.7 Å². The summed E-state index contributed by atoms with van der Waals surface area (Å²) in [5.74, 6) is 0.587. The van der Waals surface area contributed by atoms with Gasteiger partial charge in [0.15, 0.2) is 0 Å². The van der Waals surface area contributed by atoms with E-state index >= 15 is 0 Å². The van der Waals surface area contributed by atoms with E-state index in [0.717, 1.165) is 12.8 Å². The molecule has 0 bridgehead atoms. The van der Waals surface area contributed by atoms with Gasteiger partial charge in [-0.05, 0) is 48.8 Å². The average molecular weight is 192 g/mol. The Labute approximate surface area is 84.2 Å². The van der Waals surface area contributed by atoms with Crippen LogP contribution in [0.1, 0.15) is 24.8 Å². The minimum Gasteiger partial charge on any atom is -0.472 e. The second-order valence-electron chi connectivity index (χ2n) is 3.97. The van der Waals surface area contributed by atoms with E-state index in [1.54, 1.807) is 12.5 Å². The molecule has 0 amide bonds. The molecule has 14 heavy (non-hydrogen) atoms. The minimum absolute atomic E-state index is 0.224. The van der Waals surface area contributed by atoms with Crippen molar-refractivity contribution in [2.75, 3.05) is 6.61 Å². The van der Waals surface area contributed by atoms with Gasteiger partial charge in [0.25, 0.3) is 0 Å². The Kier molecular flexibility index (Phi) is 3.04. The molecule has 1 aliphatic rings. The van der Waals surface area contributed by atoms with Crippen molar-refractivity contribution in [2.24, 2.45) is 5.92 Å². The molecule has 1 atom stereocenters. The lowest BCUT2D eigenvalue weighted by atomic mass is 9.87. The van der Waals surface area contributed by atoms with Gasteiger partial charge < -0.3 is 9.52 Å². The molecule has 1 aliphatic carbocycles. The quantitative estimate of drug-likeness (QED) is 0.746. The summed E-state index contributed by atoms with van der Waals surface area (Å²) in [5, 5.41) is 9.05. The molecule has 1 heterocycles. The molecular formula is C12H16O2. The zero-order chi connectivity index (χ0) is 9.80. The van der Waals surface area contributed by atoms with E-state index in [0.29, 0.717) is 5.92 Å². The largest absolute Gasteiger partial charge is 0.472 e. The molecule has 2 nitrogen and oxygen atoms in total. The molecule has 0 saturated heterocycles. The van der Waals surface area contributed by atoms with Crippen molar-refractivity contribution in [1.82, 2.24) is 0 Å². The Morgan fingerprint density at radius 2 is 2.43 bits per heavy atom. The zero-order valence-electron chi connectivity index (χ0n) is 8.28. The fourth-order valence-corrected chi connectivity index (χ4v) is 2.10. The number of rotatable bonds is 3. The van der Waals surface area contributed by atoms with Crippen LogP contribution >= 0.6 is 0 Å². The third-order valence-electron chi connectivity index (χ3n) is 2.83. The summed E-state index contributed by atoms with van der Waals surface area (Å²) < 4.78 is 5.04. The van der Waals surface area contributed by atoms with Crippen LogP contribution < -0.4 is 0 Å². The maximum absolute atomic E-state index is 9.05. The molecule has 0 aliphatic heterocycles. The molecule has 2 rings (SSSR count). The maximum atomic E-state index is 9.05. The van der Waals surface area contributed by atoms with E-state index in [9.17, 15) is 0 Å². The predicted octanol–water partition coefficient (Wildman–Crippen LogP) is 2.54. The summed E-state index contributed by atoms with van der Waals surface area (Å²) in [7, 11) is 0. The van der Waals surface area contributed by atoms with Gasteiger partial charge in [0.1, 0.15) is 0 Å². The molecule has 0 radical (unpaired) electrons. The van der Waals surface area contributed by atoms with Crippen LogP contribution in [0.2, 0.25) is 0 Å². The van der Waals surface area contributed by atoms with Gasteiger partial charge in [-0.1, -0.05) is 6.08 Å². The third-order valence-corrected chi connectivity index (χ3v) is 2.83. The van der Waals surface area contributed by atoms with Gasteiger partial charge in [0.2, 0.25) is 0 Å². The fraction of sp³-hybridized carbons (Fsp3) is 0.500. The summed E-state index contributed by atoms with van der Waals surface area (Å²) in [6, 6.07) is 2.01. The lowest BCUT2D eigenvalue weighted by molar-refractivity contribution is 0.318. The van der Waals surface area contributed by atoms with E-state index in [4.69, 9.17) is 9.52 Å². The van der Waals surface area contributed by atoms with Crippen molar-refractivity contribution in [2.45, 2.75) is 25.7 Å². The van der Waals surface area contributed by atoms with Crippen LogP contribution in [-0.4, -0.2) is 11.7 Å². The molecule has 1 aromatic rings. The SMILES string of the molecule is OCC1=CC(Cc2ccoc2)CCC1. The molecule has 0 aromatic carbocycles. The summed E-state index contributed by atoms with van der Waals surface area (Å²) in [4.78, 5) is 0. The summed E-state index contributed by atoms with van der Waals surface area (Å²) >= 11 is 0. The van der Waals surface area contributed by atoms with Crippen molar-refractivity contribution >= 4 is 0 Å². The second kappa shape index (κ2) is 4.47. The molecular weight excluding hydrogens is 176 g/mol. The zero-order valence-corrected chi connectivity index (χ0v) is 8.28. The van der Waals surface area contributed by atoms with Crippen molar-refractivity contribution in [3.05, 3.63) is 35.8 Å². The predicted molar refractivity (Wildman–Crippen MR) is 54.9 cm³/mol. The normalized spacial score (nSPS) is 22.1. The topological polar surface area (TPSA) is 33.4 Å². The highest BCUT2D eigenvalue weighted by atomic mass is 16.3. The molecule has 0 spiro atoms. The van der Waals surface area contributed by atoms with Crippen LogP contribution in [0, 0.1) is 5.92 Å². The van der Waals surface area contributed by atoms with Gasteiger partial charge in [-0.2, -0.15) is 0 Å². The molecule has 1 N–H and O–H groups in total. The van der Waals surface area contributed by atoms with E-state index in [2.05, 4.69) is 6.08 Å². The first kappa shape index (κ1) is 9.53. The Balaban J connectivity index is 1.98. The highest BCUT2D eigenvalue weighted by molar-refractivity contribution is 5.13. The molecule has 76 valence electrons. The monoisotopic (exact) mass is 192 g/mol. The molecule has 1 aromatic heterocycles. The third kappa shape index (κ3) is 2.26. The van der Waals surface area contributed by atoms with Crippen LogP contribution in [0.25, 0.3) is 0 Å². The van der Waals surface area contributed by atoms with Gasteiger partial charge >= 0.3 is 0 Å². The first-order chi connectivity index (χ1) is 6.88. The summed E-state index contributed by atoms with van der Waals surface area (Å²) in [6.45, 7) is 0.224. The lowest BCUT2D eigenvalue weighted by Gasteiger charge is -2.19. The average Bonchev–Trinajstić information content (AvgIpc) is 2.71. The fourth-order valence-electron chi connectivity index (χ4n) is 2.10. The molecule has 2 heteroatoms. The van der Waals surface area contributed by atoms with Crippen LogP contribution in [0.3, 0.4) is 0 Å². The Morgan fingerprint density at radius 3 is 3.14 bits per heavy atom. The van der Waals surface area contributed by atoms with Crippen LogP contribution in [-0.2, 0) is 6.42 Å². The Morgan fingerprint density at radius 1 is 1.50 bits per heavy atom. The highest BCUT2D eigenvalue weighted by Crippen LogP contribution is 2.25. The van der Waals surface area contributed by atoms with Crippen LogP contribution in [0.5, 0.6) is 0 Å². The van der Waals surface area contributed by atoms with Crippen molar-refractivity contribution in [3.8, 4) is 0 Å². The first-order valence-corrected chi connectivity index (χ1v) is 5.20. The Bertz CT molecular complexity index is 298. The first-order valence-electron chi connectivity index (χ1n) is 5.20. The Hall–Kier alpha value is -1.02. The van der Waals surface area contributed by atoms with Crippen molar-refractivity contribution in [3.63, 3.8) is 0 Å². The molecule has 0 saturated carbocycles. The molecule has 0 fully saturated rings. The van der Waals surface area contributed by atoms with Gasteiger partial charge in [-0.3, -0.25) is 0 Å². The molecule has 1 unspecified atom stereocenters. The van der Waals surface area contributed by atoms with E-state index in [-0.39, 0.29) is 6.61 Å². The highest BCUT2D eigenvalue weighted by Gasteiger charge is 2.13. The van der Waals surface area contributed by atoms with E-state index < -0.39 is 0 Å². The van der Waals surface area contributed by atoms with E-state index in [1.165, 1.54) is 24.0 Å². The number of hydrogen-bond acceptors (Lipinski definition) is 2. The van der Waals surface area contributed by atoms with Gasteiger partial charge in [0, 0.05) is 0 Å². The lowest BCUT2D eigenvalue weighted by Crippen LogP contribution is -2.09. The number of hydrogen-bond donors (Lipinski definition) is 1. The summed E-state index contributed by atoms with van der Waals surface area (Å²) in [6.07, 6.45) is 10.3. The van der Waals surface area contributed by atoms with Crippen molar-refractivity contribution in [1.29, 1.82) is 0 Å². The summed E-state index contributed by atoms with van der Waals surface area (Å²) in [5.41, 5.74) is 2.45. The van der Waals surface area contributed by atoms with Gasteiger partial charge in [-0.25, -0.2) is 0 Å². The minimum atomic E-state index is 0.224. The maximum Gasteiger partial charge on any atom is 0.0934 e. The number of allylic oxidation sites excluding steroid dienone is 1. The van der Waals surface area contributed by atoms with Crippen LogP contribution in [0.4, 0.5) is 0 Å². The standard InChI is InChI=1S/C12H16O2/c13-8-11-3-1-2-10(6-11)7-12-4-5-14-9-12/h4-6,9-10,13H,1-3,7-8H2. The smallest absolute Gasteiger partial charge is 0.0934 e. The number of aliphatic hydroxyl groups excluding tert-OH is 1. The second-order valence-corrected chi connectivity index (χ2v) is 3.97. The van der Waals surface area contributed by atoms with Crippen molar-refractivity contribution < 1.29 is 9.52 Å². The van der Waals surface area contributed by atoms with Gasteiger partial charge in [-0.15, -0.1) is 0 Å².